The van der Waals surface area contributed by atoms with Gasteiger partial charge in [-0.2, -0.15) is 4.31 Å². The molecule has 0 radical (unpaired) electrons. The van der Waals surface area contributed by atoms with E-state index in [0.717, 1.165) is 25.3 Å². The number of halogens is 1. The first kappa shape index (κ1) is 24.1. The third-order valence-corrected chi connectivity index (χ3v) is 8.75. The van der Waals surface area contributed by atoms with Crippen molar-refractivity contribution in [2.75, 3.05) is 31.5 Å². The lowest BCUT2D eigenvalue weighted by Crippen LogP contribution is -2.33. The summed E-state index contributed by atoms with van der Waals surface area (Å²) in [5.41, 5.74) is 1.15. The Kier molecular flexibility index (Phi) is 8.09. The number of aromatic nitrogens is 1. The lowest BCUT2D eigenvalue weighted by Gasteiger charge is -2.30. The molecule has 1 fully saturated rings. The highest BCUT2D eigenvalue weighted by Gasteiger charge is 2.26. The van der Waals surface area contributed by atoms with E-state index in [1.165, 1.54) is 46.7 Å². The van der Waals surface area contributed by atoms with Crippen LogP contribution in [-0.2, 0) is 16.6 Å². The number of hydrogen-bond donors (Lipinski definition) is 1. The van der Waals surface area contributed by atoms with Crippen molar-refractivity contribution >= 4 is 44.0 Å². The number of anilines is 1. The Bertz CT molecular complexity index is 1020. The smallest absolute Gasteiger partial charge is 0.257 e. The monoisotopic (exact) mass is 484 g/mol. The zero-order chi connectivity index (χ0) is 22.6. The van der Waals surface area contributed by atoms with Crippen molar-refractivity contribution in [3.8, 4) is 0 Å². The summed E-state index contributed by atoms with van der Waals surface area (Å²) in [4.78, 5) is 19.6. The highest BCUT2D eigenvalue weighted by Crippen LogP contribution is 2.27. The SMILES string of the molecule is CCN(CC)S(=O)(=O)c1cc(C(=O)Nc2nc(CN3CCCC(C)C3)cs2)ccc1Cl. The summed E-state index contributed by atoms with van der Waals surface area (Å²) in [7, 11) is -3.77. The molecule has 7 nitrogen and oxygen atoms in total. The summed E-state index contributed by atoms with van der Waals surface area (Å²) in [5.74, 6) is 0.276. The lowest BCUT2D eigenvalue weighted by atomic mass is 10.0. The quantitative estimate of drug-likeness (QED) is 0.603. The number of thiazole rings is 1. The maximum absolute atomic E-state index is 12.9. The van der Waals surface area contributed by atoms with Gasteiger partial charge in [0.2, 0.25) is 10.0 Å². The molecule has 1 N–H and O–H groups in total. The van der Waals surface area contributed by atoms with E-state index in [9.17, 15) is 13.2 Å². The van der Waals surface area contributed by atoms with Crippen LogP contribution in [-0.4, -0.2) is 54.7 Å². The first-order valence-corrected chi connectivity index (χ1v) is 13.2. The van der Waals surface area contributed by atoms with Crippen LogP contribution in [0.1, 0.15) is 49.7 Å². The molecule has 2 aromatic rings. The Morgan fingerprint density at radius 3 is 2.77 bits per heavy atom. The van der Waals surface area contributed by atoms with Crippen LogP contribution in [0.3, 0.4) is 0 Å². The average Bonchev–Trinajstić information content (AvgIpc) is 3.15. The van der Waals surface area contributed by atoms with E-state index < -0.39 is 15.9 Å². The molecule has 0 aliphatic carbocycles. The van der Waals surface area contributed by atoms with Gasteiger partial charge in [-0.05, 0) is 43.5 Å². The summed E-state index contributed by atoms with van der Waals surface area (Å²) in [6.45, 7) is 9.33. The number of sulfonamides is 1. The van der Waals surface area contributed by atoms with Gasteiger partial charge >= 0.3 is 0 Å². The van der Waals surface area contributed by atoms with Crippen molar-refractivity contribution in [1.29, 1.82) is 0 Å². The van der Waals surface area contributed by atoms with Crippen LogP contribution < -0.4 is 5.32 Å². The van der Waals surface area contributed by atoms with Gasteiger partial charge in [-0.3, -0.25) is 15.0 Å². The van der Waals surface area contributed by atoms with E-state index in [2.05, 4.69) is 22.1 Å². The third kappa shape index (κ3) is 5.84. The first-order chi connectivity index (χ1) is 14.7. The molecule has 10 heteroatoms. The van der Waals surface area contributed by atoms with Gasteiger partial charge in [-0.25, -0.2) is 13.4 Å². The third-order valence-electron chi connectivity index (χ3n) is 5.42. The molecule has 0 bridgehead atoms. The second kappa shape index (κ2) is 10.4. The fraction of sp³-hybridized carbons (Fsp3) is 0.524. The van der Waals surface area contributed by atoms with E-state index in [1.807, 2.05) is 5.38 Å². The molecule has 1 aromatic carbocycles. The number of piperidine rings is 1. The van der Waals surface area contributed by atoms with Gasteiger partial charge in [0.1, 0.15) is 4.90 Å². The second-order valence-electron chi connectivity index (χ2n) is 7.82. The van der Waals surface area contributed by atoms with Crippen LogP contribution >= 0.6 is 22.9 Å². The Labute approximate surface area is 193 Å². The molecule has 31 heavy (non-hydrogen) atoms. The van der Waals surface area contributed by atoms with Gasteiger partial charge in [0, 0.05) is 37.1 Å². The minimum atomic E-state index is -3.77. The first-order valence-electron chi connectivity index (χ1n) is 10.5. The average molecular weight is 485 g/mol. The zero-order valence-corrected chi connectivity index (χ0v) is 20.5. The van der Waals surface area contributed by atoms with Crippen molar-refractivity contribution < 1.29 is 13.2 Å². The fourth-order valence-corrected chi connectivity index (χ4v) is 6.47. The molecular weight excluding hydrogens is 456 g/mol. The number of nitrogens with zero attached hydrogens (tertiary/aromatic N) is 3. The number of nitrogens with one attached hydrogen (secondary N) is 1. The van der Waals surface area contributed by atoms with E-state index in [4.69, 9.17) is 11.6 Å². The summed E-state index contributed by atoms with van der Waals surface area (Å²) < 4.78 is 27.0. The molecule has 3 rings (SSSR count). The van der Waals surface area contributed by atoms with Crippen LogP contribution in [0.4, 0.5) is 5.13 Å². The number of carbonyl (C=O) groups excluding carboxylic acids is 1. The largest absolute Gasteiger partial charge is 0.298 e. The van der Waals surface area contributed by atoms with Gasteiger partial charge in [0.15, 0.2) is 5.13 Å². The van der Waals surface area contributed by atoms with E-state index in [1.54, 1.807) is 13.8 Å². The van der Waals surface area contributed by atoms with Crippen molar-refractivity contribution in [2.45, 2.75) is 45.1 Å². The van der Waals surface area contributed by atoms with E-state index in [-0.39, 0.29) is 15.5 Å². The molecule has 170 valence electrons. The van der Waals surface area contributed by atoms with Crippen molar-refractivity contribution in [3.63, 3.8) is 0 Å². The molecule has 1 amide bonds. The van der Waals surface area contributed by atoms with E-state index in [0.29, 0.717) is 24.1 Å². The number of rotatable bonds is 8. The Hall–Kier alpha value is -1.52. The van der Waals surface area contributed by atoms with Crippen LogP contribution in [0.2, 0.25) is 5.02 Å². The number of hydrogen-bond acceptors (Lipinski definition) is 6. The molecule has 0 spiro atoms. The van der Waals surface area contributed by atoms with Gasteiger partial charge in [0.25, 0.3) is 5.91 Å². The predicted molar refractivity (Wildman–Crippen MR) is 125 cm³/mol. The number of carbonyl (C=O) groups is 1. The lowest BCUT2D eigenvalue weighted by molar-refractivity contribution is 0.102. The van der Waals surface area contributed by atoms with Crippen LogP contribution in [0, 0.1) is 5.92 Å². The highest BCUT2D eigenvalue weighted by atomic mass is 35.5. The van der Waals surface area contributed by atoms with Crippen molar-refractivity contribution in [2.24, 2.45) is 5.92 Å². The van der Waals surface area contributed by atoms with Crippen LogP contribution in [0.5, 0.6) is 0 Å². The minimum absolute atomic E-state index is 0.0652. The number of likely N-dealkylation sites (tertiary alicyclic amines) is 1. The maximum Gasteiger partial charge on any atom is 0.257 e. The van der Waals surface area contributed by atoms with Gasteiger partial charge in [-0.1, -0.05) is 32.4 Å². The molecule has 0 saturated carbocycles. The molecule has 1 saturated heterocycles. The van der Waals surface area contributed by atoms with Crippen molar-refractivity contribution in [3.05, 3.63) is 39.9 Å². The van der Waals surface area contributed by atoms with Gasteiger partial charge in [-0.15, -0.1) is 11.3 Å². The summed E-state index contributed by atoms with van der Waals surface area (Å²) in [6.07, 6.45) is 2.46. The summed E-state index contributed by atoms with van der Waals surface area (Å²) in [5, 5.41) is 5.32. The Balaban J connectivity index is 1.72. The Morgan fingerprint density at radius 2 is 2.10 bits per heavy atom. The molecule has 1 aromatic heterocycles. The second-order valence-corrected chi connectivity index (χ2v) is 11.0. The molecule has 1 aliphatic heterocycles. The normalized spacial score (nSPS) is 17.8. The van der Waals surface area contributed by atoms with Crippen LogP contribution in [0.15, 0.2) is 28.5 Å². The molecule has 2 heterocycles. The van der Waals surface area contributed by atoms with Gasteiger partial charge in [0.05, 0.1) is 10.7 Å². The fourth-order valence-electron chi connectivity index (χ4n) is 3.81. The minimum Gasteiger partial charge on any atom is -0.298 e. The zero-order valence-electron chi connectivity index (χ0n) is 18.1. The summed E-state index contributed by atoms with van der Waals surface area (Å²) >= 11 is 7.52. The maximum atomic E-state index is 12.9. The standard InChI is InChI=1S/C21H29ClN4O3S2/c1-4-26(5-2)31(28,29)19-11-16(8-9-18(19)22)20(27)24-21-23-17(14-30-21)13-25-10-6-7-15(3)12-25/h8-9,11,14-15H,4-7,10,12-13H2,1-3H3,(H,23,24,27). The number of benzene rings is 1. The molecule has 1 unspecified atom stereocenters. The predicted octanol–water partition coefficient (Wildman–Crippen LogP) is 4.31. The number of amides is 1. The van der Waals surface area contributed by atoms with E-state index >= 15 is 0 Å². The Morgan fingerprint density at radius 1 is 1.35 bits per heavy atom. The molecular formula is C21H29ClN4O3S2. The summed E-state index contributed by atoms with van der Waals surface area (Å²) in [6, 6.07) is 4.29. The van der Waals surface area contributed by atoms with Crippen LogP contribution in [0.25, 0.3) is 0 Å². The molecule has 1 atom stereocenters. The highest BCUT2D eigenvalue weighted by molar-refractivity contribution is 7.89. The van der Waals surface area contributed by atoms with Gasteiger partial charge < -0.3 is 0 Å². The topological polar surface area (TPSA) is 82.6 Å². The van der Waals surface area contributed by atoms with Crippen molar-refractivity contribution in [1.82, 2.24) is 14.2 Å². The molecule has 1 aliphatic rings.